The molecule has 6 aromatic rings. The van der Waals surface area contributed by atoms with Gasteiger partial charge in [-0.25, -0.2) is 4.98 Å². The minimum absolute atomic E-state index is 0.0819. The molecule has 386 valence electrons. The van der Waals surface area contributed by atoms with Crippen LogP contribution in [0.3, 0.4) is 0 Å². The Hall–Kier alpha value is -6.60. The molecule has 4 aliphatic rings. The van der Waals surface area contributed by atoms with E-state index in [0.717, 1.165) is 99.5 Å². The lowest BCUT2D eigenvalue weighted by Gasteiger charge is -2.41. The third-order valence-corrected chi connectivity index (χ3v) is 15.3. The topological polar surface area (TPSA) is 215 Å². The Labute approximate surface area is 426 Å². The summed E-state index contributed by atoms with van der Waals surface area (Å²) in [4.78, 5) is 43.5. The summed E-state index contributed by atoms with van der Waals surface area (Å²) in [6.45, 7) is 11.3. The van der Waals surface area contributed by atoms with E-state index in [9.17, 15) is 19.8 Å². The number of likely N-dealkylation sites (tertiary alicyclic amines) is 2. The van der Waals surface area contributed by atoms with Gasteiger partial charge in [0.1, 0.15) is 23.5 Å². The molecule has 3 aliphatic heterocycles. The number of anilines is 2. The van der Waals surface area contributed by atoms with Gasteiger partial charge in [0.15, 0.2) is 11.6 Å². The molecule has 18 nitrogen and oxygen atoms in total. The van der Waals surface area contributed by atoms with Crippen LogP contribution < -0.4 is 16.0 Å². The van der Waals surface area contributed by atoms with Gasteiger partial charge in [0.2, 0.25) is 17.6 Å². The zero-order valence-corrected chi connectivity index (χ0v) is 42.3. The van der Waals surface area contributed by atoms with Crippen LogP contribution in [0, 0.1) is 11.8 Å². The fraction of sp³-hybridized carbons (Fsp3) is 0.491. The summed E-state index contributed by atoms with van der Waals surface area (Å²) in [5, 5.41) is 32.8. The van der Waals surface area contributed by atoms with E-state index in [4.69, 9.17) is 19.7 Å². The van der Waals surface area contributed by atoms with Crippen molar-refractivity contribution in [1.29, 1.82) is 0 Å². The number of nitrogens with one attached hydrogen (secondary N) is 1. The van der Waals surface area contributed by atoms with Crippen molar-refractivity contribution in [1.82, 2.24) is 44.4 Å². The number of hydrogen-bond donors (Lipinski definition) is 4. The fourth-order valence-corrected chi connectivity index (χ4v) is 11.0. The van der Waals surface area contributed by atoms with Crippen LogP contribution in [-0.2, 0) is 26.1 Å². The second-order valence-electron chi connectivity index (χ2n) is 20.8. The van der Waals surface area contributed by atoms with Crippen molar-refractivity contribution in [3.8, 4) is 28.3 Å². The number of imidazole rings is 1. The summed E-state index contributed by atoms with van der Waals surface area (Å²) in [6, 6.07) is 17.8. The van der Waals surface area contributed by atoms with Gasteiger partial charge in [0.05, 0.1) is 48.5 Å². The van der Waals surface area contributed by atoms with E-state index in [1.807, 2.05) is 110 Å². The van der Waals surface area contributed by atoms with Crippen LogP contribution in [0.15, 0.2) is 89.9 Å². The van der Waals surface area contributed by atoms with Crippen molar-refractivity contribution >= 4 is 35.3 Å². The second-order valence-corrected chi connectivity index (χ2v) is 20.8. The van der Waals surface area contributed by atoms with Gasteiger partial charge < -0.3 is 50.0 Å². The molecule has 1 aliphatic carbocycles. The molecule has 4 atom stereocenters. The number of aryl methyl sites for hydroxylation is 1. The minimum atomic E-state index is -0.804. The number of β-amino-alcohol motifs (C(OH)–C–C–N with tert-alkyl or cyclic N) is 1. The Bertz CT molecular complexity index is 2870. The maximum Gasteiger partial charge on any atom is 0.243 e. The molecule has 0 unspecified atom stereocenters. The normalized spacial score (nSPS) is 22.1. The van der Waals surface area contributed by atoms with Crippen LogP contribution in [0.1, 0.15) is 94.6 Å². The van der Waals surface area contributed by atoms with E-state index in [2.05, 4.69) is 35.3 Å². The number of para-hydroxylation sites is 1. The number of nitrogens with zero attached hydrogens (tertiary/aromatic N) is 9. The van der Waals surface area contributed by atoms with E-state index in [0.29, 0.717) is 41.1 Å². The lowest BCUT2D eigenvalue weighted by Crippen LogP contribution is -2.48. The number of carbonyl (C=O) groups is 2. The molecule has 0 spiro atoms. The number of aromatic nitrogens is 6. The number of aromatic hydroxyl groups is 1. The number of rotatable bonds is 17. The van der Waals surface area contributed by atoms with Gasteiger partial charge in [-0.15, -0.1) is 0 Å². The molecule has 2 aromatic carbocycles. The third kappa shape index (κ3) is 11.3. The summed E-state index contributed by atoms with van der Waals surface area (Å²) in [5.41, 5.74) is 11.2. The number of aliphatic hydroxyl groups excluding tert-OH is 1. The van der Waals surface area contributed by atoms with Crippen LogP contribution in [-0.4, -0.2) is 137 Å². The molecule has 4 aromatic heterocycles. The molecular weight excluding hydrogens is 927 g/mol. The number of amides is 2. The Kier molecular flexibility index (Phi) is 15.0. The lowest BCUT2D eigenvalue weighted by molar-refractivity contribution is -0.141. The largest absolute Gasteiger partial charge is 0.507 e. The van der Waals surface area contributed by atoms with Crippen molar-refractivity contribution in [2.45, 2.75) is 108 Å². The molecule has 18 heteroatoms. The number of nitrogens with two attached hydrogens (primary N) is 1. The Balaban J connectivity index is 0.631. The number of phenolic OH excluding ortho intramolecular Hbond substituents is 1. The number of fused-ring (bicyclic) bond motifs is 1. The van der Waals surface area contributed by atoms with E-state index in [-0.39, 0.29) is 60.8 Å². The smallest absolute Gasteiger partial charge is 0.243 e. The monoisotopic (exact) mass is 996 g/mol. The van der Waals surface area contributed by atoms with Crippen LogP contribution >= 0.6 is 0 Å². The molecule has 10 rings (SSSR count). The average molecular weight is 996 g/mol. The van der Waals surface area contributed by atoms with Gasteiger partial charge in [-0.05, 0) is 86.6 Å². The number of aliphatic hydroxyl groups is 1. The van der Waals surface area contributed by atoms with E-state index in [1.165, 1.54) is 4.90 Å². The van der Waals surface area contributed by atoms with Crippen molar-refractivity contribution in [3.05, 3.63) is 102 Å². The summed E-state index contributed by atoms with van der Waals surface area (Å²) in [6.07, 6.45) is 15.4. The van der Waals surface area contributed by atoms with Gasteiger partial charge in [-0.1, -0.05) is 67.6 Å². The van der Waals surface area contributed by atoms with Gasteiger partial charge in [0, 0.05) is 88.5 Å². The van der Waals surface area contributed by atoms with Gasteiger partial charge in [-0.2, -0.15) is 10.1 Å². The molecule has 0 bridgehead atoms. The predicted octanol–water partition coefficient (Wildman–Crippen LogP) is 6.61. The van der Waals surface area contributed by atoms with Crippen LogP contribution in [0.4, 0.5) is 11.6 Å². The zero-order valence-electron chi connectivity index (χ0n) is 42.3. The van der Waals surface area contributed by atoms with Crippen molar-refractivity contribution in [2.75, 3.05) is 56.5 Å². The standard InChI is InChI=1S/C55H69N11O7/c1-34(2)51(54(70)66-32-40(67)26-47(66)53(69)58-35(3)37-11-13-38(14-12-37)46-15-20-57-62(46)4)49-29-50(61-73-49)64-23-16-36(17-24-64)30-63-21-18-41(19-22-63)72-43-27-42(28-43)71-25-7-8-39-31-65-33-45(59-55(65)60-52(39)56)44-9-5-6-10-48(44)68/h5-15,20,29,31,33-36,40-43,47,51,67-68H,16-19,21-28,30,32H2,1-4H3,(H,58,69)(H2,56,59,60)/b8-7+/t35-,40+,42-,43-,47-,51+/m0/s1. The molecule has 5 N–H and O–H groups in total. The van der Waals surface area contributed by atoms with Gasteiger partial charge in [-0.3, -0.25) is 18.7 Å². The summed E-state index contributed by atoms with van der Waals surface area (Å²) in [5.74, 6) is 1.50. The highest BCUT2D eigenvalue weighted by Gasteiger charge is 2.44. The molecule has 3 saturated heterocycles. The molecular formula is C55H69N11O7. The van der Waals surface area contributed by atoms with E-state index < -0.39 is 18.1 Å². The molecule has 7 heterocycles. The van der Waals surface area contributed by atoms with Crippen molar-refractivity contribution < 1.29 is 33.8 Å². The number of nitrogen functional groups attached to an aromatic ring is 1. The molecule has 73 heavy (non-hydrogen) atoms. The van der Waals surface area contributed by atoms with E-state index >= 15 is 0 Å². The fourth-order valence-electron chi connectivity index (χ4n) is 11.0. The quantitative estimate of drug-likeness (QED) is 0.0757. The first-order chi connectivity index (χ1) is 35.3. The summed E-state index contributed by atoms with van der Waals surface area (Å²) < 4.78 is 22.2. The zero-order chi connectivity index (χ0) is 50.8. The SMILES string of the molecule is CC(C)[C@@H](C(=O)N1C[C@H](O)C[C@H]1C(=O)N[C@@H](C)c1ccc(-c2ccnn2C)cc1)c1cc(N2CCC(CN3CCC(O[C@H]4C[C@H](OC/C=C/c5cn6cc(-c7ccccc7O)nc6nc5N)C4)CC3)CC2)no1. The maximum atomic E-state index is 14.3. The Morgan fingerprint density at radius 1 is 0.932 bits per heavy atom. The van der Waals surface area contributed by atoms with Crippen LogP contribution in [0.25, 0.3) is 34.4 Å². The molecule has 4 fully saturated rings. The average Bonchev–Trinajstić information content (AvgIpc) is 4.20. The summed E-state index contributed by atoms with van der Waals surface area (Å²) in [7, 11) is 1.90. The van der Waals surface area contributed by atoms with Crippen LogP contribution in [0.5, 0.6) is 5.75 Å². The molecule has 1 saturated carbocycles. The Morgan fingerprint density at radius 3 is 2.42 bits per heavy atom. The highest BCUT2D eigenvalue weighted by atomic mass is 16.5. The number of piperidine rings is 2. The number of ether oxygens (including phenoxy) is 2. The van der Waals surface area contributed by atoms with Gasteiger partial charge in [0.25, 0.3) is 0 Å². The first-order valence-corrected chi connectivity index (χ1v) is 26.0. The highest BCUT2D eigenvalue weighted by Crippen LogP contribution is 2.35. The summed E-state index contributed by atoms with van der Waals surface area (Å²) >= 11 is 0. The van der Waals surface area contributed by atoms with Crippen molar-refractivity contribution in [3.63, 3.8) is 0 Å². The number of hydrogen-bond acceptors (Lipinski definition) is 14. The Morgan fingerprint density at radius 2 is 1.70 bits per heavy atom. The first kappa shape index (κ1) is 50.0. The first-order valence-electron chi connectivity index (χ1n) is 26.0. The van der Waals surface area contributed by atoms with Gasteiger partial charge >= 0.3 is 0 Å². The van der Waals surface area contributed by atoms with Crippen molar-refractivity contribution in [2.24, 2.45) is 18.9 Å². The molecule has 2 amide bonds. The lowest BCUT2D eigenvalue weighted by atomic mass is 9.91. The number of phenols is 1. The highest BCUT2D eigenvalue weighted by molar-refractivity contribution is 5.91. The number of benzene rings is 2. The third-order valence-electron chi connectivity index (χ3n) is 15.3. The molecule has 0 radical (unpaired) electrons. The maximum absolute atomic E-state index is 14.3. The second kappa shape index (κ2) is 21.9. The minimum Gasteiger partial charge on any atom is -0.507 e. The predicted molar refractivity (Wildman–Crippen MR) is 277 cm³/mol. The van der Waals surface area contributed by atoms with E-state index in [1.54, 1.807) is 18.3 Å². The number of carbonyl (C=O) groups excluding carboxylic acids is 2. The van der Waals surface area contributed by atoms with Crippen LogP contribution in [0.2, 0.25) is 0 Å².